The van der Waals surface area contributed by atoms with E-state index in [0.717, 1.165) is 13.1 Å². The molecule has 2 rings (SSSR count). The van der Waals surface area contributed by atoms with E-state index in [-0.39, 0.29) is 5.57 Å². The summed E-state index contributed by atoms with van der Waals surface area (Å²) in [6, 6.07) is 10.1. The number of halogens is 2. The second-order valence-corrected chi connectivity index (χ2v) is 5.92. The predicted octanol–water partition coefficient (Wildman–Crippen LogP) is 4.98. The Morgan fingerprint density at radius 1 is 1.24 bits per heavy atom. The normalized spacial score (nSPS) is 11.1. The Hall–Kier alpha value is -2.42. The van der Waals surface area contributed by atoms with Crippen molar-refractivity contribution in [1.82, 2.24) is 0 Å². The van der Waals surface area contributed by atoms with Crippen LogP contribution in [0.3, 0.4) is 0 Å². The monoisotopic (exact) mass is 377 g/mol. The Balaban J connectivity index is 2.18. The topological polar surface area (TPSA) is 69.3 Å². The van der Waals surface area contributed by atoms with E-state index >= 15 is 0 Å². The second kappa shape index (κ2) is 8.61. The summed E-state index contributed by atoms with van der Waals surface area (Å²) in [6.07, 6.45) is 1.40. The SMILES string of the molecule is CCN(CC)c1ccc(C=C(C#N)C(=O)Nc2ccc(Cl)c(Cl)c2)o1. The van der Waals surface area contributed by atoms with Gasteiger partial charge < -0.3 is 14.6 Å². The number of anilines is 2. The molecule has 0 atom stereocenters. The number of carbonyl (C=O) groups excluding carboxylic acids is 1. The molecule has 0 bridgehead atoms. The molecule has 25 heavy (non-hydrogen) atoms. The third-order valence-corrected chi connectivity index (χ3v) is 4.26. The smallest absolute Gasteiger partial charge is 0.266 e. The minimum atomic E-state index is -0.554. The van der Waals surface area contributed by atoms with E-state index in [2.05, 4.69) is 5.32 Å². The zero-order valence-electron chi connectivity index (χ0n) is 13.8. The van der Waals surface area contributed by atoms with E-state index in [1.54, 1.807) is 18.2 Å². The molecule has 1 aromatic heterocycles. The summed E-state index contributed by atoms with van der Waals surface area (Å²) in [5.74, 6) is 0.572. The molecule has 1 aromatic carbocycles. The van der Waals surface area contributed by atoms with E-state index < -0.39 is 5.91 Å². The molecule has 0 saturated carbocycles. The van der Waals surface area contributed by atoms with Gasteiger partial charge in [-0.05, 0) is 38.1 Å². The molecule has 0 aliphatic heterocycles. The highest BCUT2D eigenvalue weighted by molar-refractivity contribution is 6.42. The average Bonchev–Trinajstić information content (AvgIpc) is 3.05. The number of nitrogens with zero attached hydrogens (tertiary/aromatic N) is 2. The zero-order valence-corrected chi connectivity index (χ0v) is 15.4. The highest BCUT2D eigenvalue weighted by Crippen LogP contribution is 2.25. The fourth-order valence-electron chi connectivity index (χ4n) is 2.19. The van der Waals surface area contributed by atoms with Crippen molar-refractivity contribution >= 4 is 46.8 Å². The quantitative estimate of drug-likeness (QED) is 0.569. The lowest BCUT2D eigenvalue weighted by molar-refractivity contribution is -0.112. The highest BCUT2D eigenvalue weighted by Gasteiger charge is 2.13. The molecule has 7 heteroatoms. The van der Waals surface area contributed by atoms with Crippen LogP contribution in [0.15, 0.2) is 40.3 Å². The number of benzene rings is 1. The number of nitriles is 1. The fraction of sp³-hybridized carbons (Fsp3) is 0.222. The van der Waals surface area contributed by atoms with Crippen molar-refractivity contribution in [3.05, 3.63) is 51.7 Å². The molecule has 0 aliphatic carbocycles. The molecule has 5 nitrogen and oxygen atoms in total. The van der Waals surface area contributed by atoms with Gasteiger partial charge in [0.25, 0.3) is 5.91 Å². The van der Waals surface area contributed by atoms with Gasteiger partial charge in [-0.3, -0.25) is 4.79 Å². The summed E-state index contributed by atoms with van der Waals surface area (Å²) < 4.78 is 5.67. The van der Waals surface area contributed by atoms with E-state index in [9.17, 15) is 10.1 Å². The zero-order chi connectivity index (χ0) is 18.4. The van der Waals surface area contributed by atoms with Crippen molar-refractivity contribution in [3.8, 4) is 6.07 Å². The van der Waals surface area contributed by atoms with Gasteiger partial charge in [-0.2, -0.15) is 5.26 Å². The van der Waals surface area contributed by atoms with Crippen molar-refractivity contribution in [2.45, 2.75) is 13.8 Å². The van der Waals surface area contributed by atoms with Gasteiger partial charge in [0.1, 0.15) is 17.4 Å². The Morgan fingerprint density at radius 3 is 2.56 bits per heavy atom. The van der Waals surface area contributed by atoms with E-state index in [1.165, 1.54) is 12.1 Å². The van der Waals surface area contributed by atoms with Crippen molar-refractivity contribution < 1.29 is 9.21 Å². The van der Waals surface area contributed by atoms with Gasteiger partial charge >= 0.3 is 0 Å². The number of hydrogen-bond donors (Lipinski definition) is 1. The fourth-order valence-corrected chi connectivity index (χ4v) is 2.49. The Morgan fingerprint density at radius 2 is 1.96 bits per heavy atom. The lowest BCUT2D eigenvalue weighted by Gasteiger charge is -2.16. The van der Waals surface area contributed by atoms with Crippen LogP contribution in [0, 0.1) is 11.3 Å². The van der Waals surface area contributed by atoms with Crippen LogP contribution in [0.25, 0.3) is 6.08 Å². The third-order valence-electron chi connectivity index (χ3n) is 3.52. The van der Waals surface area contributed by atoms with Crippen LogP contribution in [-0.2, 0) is 4.79 Å². The van der Waals surface area contributed by atoms with Gasteiger partial charge in [0.15, 0.2) is 5.88 Å². The Labute approximate surface area is 156 Å². The Kier molecular flexibility index (Phi) is 6.51. The first-order valence-electron chi connectivity index (χ1n) is 7.71. The van der Waals surface area contributed by atoms with Gasteiger partial charge in [0.2, 0.25) is 0 Å². The first-order chi connectivity index (χ1) is 12.0. The number of hydrogen-bond acceptors (Lipinski definition) is 4. The van der Waals surface area contributed by atoms with Crippen molar-refractivity contribution in [3.63, 3.8) is 0 Å². The van der Waals surface area contributed by atoms with E-state index in [4.69, 9.17) is 27.6 Å². The molecule has 1 amide bonds. The standard InChI is InChI=1S/C18H17Cl2N3O2/c1-3-23(4-2)17-8-6-14(25-17)9-12(11-21)18(24)22-13-5-7-15(19)16(20)10-13/h5-10H,3-4H2,1-2H3,(H,22,24). The Bertz CT molecular complexity index is 833. The maximum Gasteiger partial charge on any atom is 0.266 e. The van der Waals surface area contributed by atoms with Crippen molar-refractivity contribution in [1.29, 1.82) is 5.26 Å². The van der Waals surface area contributed by atoms with Crippen molar-refractivity contribution in [2.24, 2.45) is 0 Å². The lowest BCUT2D eigenvalue weighted by Crippen LogP contribution is -2.20. The first kappa shape index (κ1) is 18.9. The molecule has 2 aromatic rings. The van der Waals surface area contributed by atoms with Gasteiger partial charge in [0.05, 0.1) is 10.0 Å². The summed E-state index contributed by atoms with van der Waals surface area (Å²) in [5.41, 5.74) is 0.371. The molecular formula is C18H17Cl2N3O2. The van der Waals surface area contributed by atoms with Gasteiger partial charge in [-0.15, -0.1) is 0 Å². The summed E-state index contributed by atoms with van der Waals surface area (Å²) in [6.45, 7) is 5.64. The van der Waals surface area contributed by atoms with E-state index in [1.807, 2.05) is 30.9 Å². The summed E-state index contributed by atoms with van der Waals surface area (Å²) in [7, 11) is 0. The second-order valence-electron chi connectivity index (χ2n) is 5.10. The molecule has 0 saturated heterocycles. The minimum Gasteiger partial charge on any atom is -0.441 e. The summed E-state index contributed by atoms with van der Waals surface area (Å²) in [4.78, 5) is 14.3. The van der Waals surface area contributed by atoms with Crippen molar-refractivity contribution in [2.75, 3.05) is 23.3 Å². The first-order valence-corrected chi connectivity index (χ1v) is 8.47. The maximum absolute atomic E-state index is 12.3. The van der Waals surface area contributed by atoms with Crippen LogP contribution in [0.1, 0.15) is 19.6 Å². The third kappa shape index (κ3) is 4.79. The van der Waals surface area contributed by atoms with E-state index in [0.29, 0.717) is 27.4 Å². The molecule has 0 aliphatic rings. The predicted molar refractivity (Wildman–Crippen MR) is 101 cm³/mol. The van der Waals surface area contributed by atoms with Gasteiger partial charge in [-0.1, -0.05) is 23.2 Å². The number of nitrogens with one attached hydrogen (secondary N) is 1. The number of furan rings is 1. The molecule has 1 N–H and O–H groups in total. The minimum absolute atomic E-state index is 0.0773. The van der Waals surface area contributed by atoms with Gasteiger partial charge in [0, 0.05) is 30.9 Å². The van der Waals surface area contributed by atoms with Crippen LogP contribution in [-0.4, -0.2) is 19.0 Å². The highest BCUT2D eigenvalue weighted by atomic mass is 35.5. The average molecular weight is 378 g/mol. The number of amides is 1. The van der Waals surface area contributed by atoms with Crippen LogP contribution < -0.4 is 10.2 Å². The lowest BCUT2D eigenvalue weighted by atomic mass is 10.2. The number of carbonyl (C=O) groups is 1. The van der Waals surface area contributed by atoms with Gasteiger partial charge in [-0.25, -0.2) is 0 Å². The molecule has 0 spiro atoms. The molecule has 0 fully saturated rings. The maximum atomic E-state index is 12.3. The molecule has 1 heterocycles. The summed E-state index contributed by atoms with van der Waals surface area (Å²) >= 11 is 11.8. The van der Waals surface area contributed by atoms with Crippen LogP contribution in [0.4, 0.5) is 11.6 Å². The number of rotatable bonds is 6. The van der Waals surface area contributed by atoms with Crippen LogP contribution >= 0.6 is 23.2 Å². The molecule has 130 valence electrons. The molecular weight excluding hydrogens is 361 g/mol. The van der Waals surface area contributed by atoms with Crippen LogP contribution in [0.5, 0.6) is 0 Å². The molecule has 0 radical (unpaired) electrons. The summed E-state index contributed by atoms with van der Waals surface area (Å²) in [5, 5.41) is 12.6. The van der Waals surface area contributed by atoms with Crippen LogP contribution in [0.2, 0.25) is 10.0 Å². The molecule has 0 unspecified atom stereocenters. The largest absolute Gasteiger partial charge is 0.441 e.